The Morgan fingerprint density at radius 1 is 0.692 bits per heavy atom. The maximum atomic E-state index is 3.99. The molecule has 2 nitrogen and oxygen atoms in total. The molecule has 2 aromatic rings. The molecule has 0 aromatic carbocycles. The van der Waals surface area contributed by atoms with Gasteiger partial charge < -0.3 is 0 Å². The zero-order chi connectivity index (χ0) is 8.93. The van der Waals surface area contributed by atoms with Gasteiger partial charge in [-0.1, -0.05) is 0 Å². The minimum atomic E-state index is -0.188. The summed E-state index contributed by atoms with van der Waals surface area (Å²) in [6.45, 7) is 0. The molecule has 0 saturated carbocycles. The van der Waals surface area contributed by atoms with Crippen molar-refractivity contribution in [2.24, 2.45) is 0 Å². The molecule has 0 unspecified atom stereocenters. The molecule has 2 rings (SSSR count). The second-order valence-corrected chi connectivity index (χ2v) is 5.73. The van der Waals surface area contributed by atoms with Gasteiger partial charge in [0.1, 0.15) is 0 Å². The van der Waals surface area contributed by atoms with Crippen LogP contribution in [-0.2, 0) is 17.7 Å². The van der Waals surface area contributed by atoms with Gasteiger partial charge in [-0.15, -0.1) is 0 Å². The van der Waals surface area contributed by atoms with Gasteiger partial charge in [0.05, 0.1) is 0 Å². The first-order chi connectivity index (χ1) is 6.45. The summed E-state index contributed by atoms with van der Waals surface area (Å²) in [4.78, 5) is 7.99. The molecular formula is C10H8IrN2. The summed E-state index contributed by atoms with van der Waals surface area (Å²) in [5, 5.41) is 0. The third-order valence-electron chi connectivity index (χ3n) is 1.44. The SMILES string of the molecule is c1c[c]([Ir][c]2ccncc2)ccn1. The molecule has 0 spiro atoms. The normalized spacial score (nSPS) is 10.2. The van der Waals surface area contributed by atoms with E-state index in [1.165, 1.54) is 8.15 Å². The van der Waals surface area contributed by atoms with Crippen LogP contribution in [0.5, 0.6) is 0 Å². The van der Waals surface area contributed by atoms with Gasteiger partial charge >= 0.3 is 84.9 Å². The number of hydrogen-bond donors (Lipinski definition) is 0. The van der Waals surface area contributed by atoms with Gasteiger partial charge in [-0.05, 0) is 0 Å². The quantitative estimate of drug-likeness (QED) is 0.790. The van der Waals surface area contributed by atoms with Crippen LogP contribution in [0.2, 0.25) is 0 Å². The van der Waals surface area contributed by atoms with Gasteiger partial charge in [-0.2, -0.15) is 0 Å². The monoisotopic (exact) mass is 349 g/mol. The summed E-state index contributed by atoms with van der Waals surface area (Å²) in [5.74, 6) is 0. The predicted molar refractivity (Wildman–Crippen MR) is 47.7 cm³/mol. The topological polar surface area (TPSA) is 25.8 Å². The minimum absolute atomic E-state index is 0.188. The molecule has 0 bridgehead atoms. The van der Waals surface area contributed by atoms with E-state index in [4.69, 9.17) is 0 Å². The Balaban J connectivity index is 2.16. The van der Waals surface area contributed by atoms with Crippen molar-refractivity contribution >= 4 is 8.15 Å². The molecule has 13 heavy (non-hydrogen) atoms. The zero-order valence-electron chi connectivity index (χ0n) is 6.85. The summed E-state index contributed by atoms with van der Waals surface area (Å²) < 4.78 is 2.81. The summed E-state index contributed by atoms with van der Waals surface area (Å²) in [6.07, 6.45) is 7.39. The zero-order valence-corrected chi connectivity index (χ0v) is 9.24. The Hall–Kier alpha value is -1.05. The number of nitrogens with zero attached hydrogens (tertiary/aromatic N) is 2. The fourth-order valence-corrected chi connectivity index (χ4v) is 3.19. The van der Waals surface area contributed by atoms with Gasteiger partial charge in [0.2, 0.25) is 0 Å². The van der Waals surface area contributed by atoms with Crippen LogP contribution in [0.4, 0.5) is 0 Å². The third-order valence-corrected chi connectivity index (χ3v) is 4.42. The molecule has 0 atom stereocenters. The Bertz CT molecular complexity index is 324. The fraction of sp³-hybridized carbons (Fsp3) is 0. The van der Waals surface area contributed by atoms with E-state index in [2.05, 4.69) is 34.2 Å². The molecule has 2 heterocycles. The molecule has 3 heteroatoms. The molecule has 0 aliphatic carbocycles. The molecule has 0 aliphatic rings. The molecule has 0 fully saturated rings. The second-order valence-electron chi connectivity index (χ2n) is 2.36. The van der Waals surface area contributed by atoms with Crippen LogP contribution in [-0.4, -0.2) is 9.97 Å². The van der Waals surface area contributed by atoms with E-state index >= 15 is 0 Å². The Morgan fingerprint density at radius 3 is 1.46 bits per heavy atom. The molecule has 67 valence electrons. The first-order valence-electron chi connectivity index (χ1n) is 3.85. The van der Waals surface area contributed by atoms with Crippen LogP contribution in [0, 0.1) is 0 Å². The fourth-order valence-electron chi connectivity index (χ4n) is 0.876. The van der Waals surface area contributed by atoms with Crippen molar-refractivity contribution in [2.45, 2.75) is 0 Å². The summed E-state index contributed by atoms with van der Waals surface area (Å²) >= 11 is -0.188. The van der Waals surface area contributed by atoms with E-state index in [1.54, 1.807) is 0 Å². The first-order valence-corrected chi connectivity index (χ1v) is 6.25. The van der Waals surface area contributed by atoms with Crippen LogP contribution >= 0.6 is 0 Å². The first kappa shape index (κ1) is 8.54. The van der Waals surface area contributed by atoms with Crippen LogP contribution in [0.3, 0.4) is 0 Å². The van der Waals surface area contributed by atoms with Gasteiger partial charge in [-0.25, -0.2) is 0 Å². The van der Waals surface area contributed by atoms with Crippen molar-refractivity contribution in [1.29, 1.82) is 0 Å². The molecule has 0 saturated heterocycles. The van der Waals surface area contributed by atoms with E-state index in [9.17, 15) is 0 Å². The van der Waals surface area contributed by atoms with Gasteiger partial charge in [0, 0.05) is 0 Å². The van der Waals surface area contributed by atoms with Crippen molar-refractivity contribution < 1.29 is 17.7 Å². The second kappa shape index (κ2) is 4.26. The van der Waals surface area contributed by atoms with E-state index in [-0.39, 0.29) is 17.7 Å². The Labute approximate surface area is 85.0 Å². The van der Waals surface area contributed by atoms with Crippen molar-refractivity contribution in [1.82, 2.24) is 9.97 Å². The molecular weight excluding hydrogens is 340 g/mol. The van der Waals surface area contributed by atoms with E-state index < -0.39 is 0 Å². The molecule has 0 aliphatic heterocycles. The average molecular weight is 348 g/mol. The Morgan fingerprint density at radius 2 is 1.08 bits per heavy atom. The number of hydrogen-bond acceptors (Lipinski definition) is 2. The molecule has 2 aromatic heterocycles. The maximum absolute atomic E-state index is 3.99. The Kier molecular flexibility index (Phi) is 2.80. The standard InChI is InChI=1S/2C5H4N.Ir/c2*1-2-4-6-5-3-1;/h2*2-5H;. The summed E-state index contributed by atoms with van der Waals surface area (Å²) in [6, 6.07) is 8.34. The molecule has 0 N–H and O–H groups in total. The van der Waals surface area contributed by atoms with Gasteiger partial charge in [0.15, 0.2) is 0 Å². The average Bonchev–Trinajstić information content (AvgIpc) is 2.21. The van der Waals surface area contributed by atoms with Crippen LogP contribution in [0.1, 0.15) is 0 Å². The number of pyridine rings is 2. The van der Waals surface area contributed by atoms with Crippen molar-refractivity contribution in [2.75, 3.05) is 0 Å². The van der Waals surface area contributed by atoms with E-state index in [0.29, 0.717) is 0 Å². The third kappa shape index (κ3) is 2.44. The van der Waals surface area contributed by atoms with E-state index in [1.807, 2.05) is 24.8 Å². The molecule has 0 amide bonds. The van der Waals surface area contributed by atoms with Crippen molar-refractivity contribution in [3.05, 3.63) is 49.1 Å². The predicted octanol–water partition coefficient (Wildman–Crippen LogP) is 0.510. The van der Waals surface area contributed by atoms with E-state index in [0.717, 1.165) is 0 Å². The summed E-state index contributed by atoms with van der Waals surface area (Å²) in [7, 11) is 0. The van der Waals surface area contributed by atoms with Crippen molar-refractivity contribution in [3.8, 4) is 0 Å². The molecule has 0 radical (unpaired) electrons. The van der Waals surface area contributed by atoms with Crippen LogP contribution in [0.25, 0.3) is 0 Å². The van der Waals surface area contributed by atoms with Gasteiger partial charge in [-0.3, -0.25) is 0 Å². The van der Waals surface area contributed by atoms with Gasteiger partial charge in [0.25, 0.3) is 0 Å². The van der Waals surface area contributed by atoms with Crippen LogP contribution < -0.4 is 8.15 Å². The van der Waals surface area contributed by atoms with Crippen LogP contribution in [0.15, 0.2) is 49.1 Å². The summed E-state index contributed by atoms with van der Waals surface area (Å²) in [5.41, 5.74) is 0. The number of rotatable bonds is 2. The number of aromatic nitrogens is 2. The van der Waals surface area contributed by atoms with Crippen molar-refractivity contribution in [3.63, 3.8) is 0 Å².